The average molecular weight is 220 g/mol. The van der Waals surface area contributed by atoms with Gasteiger partial charge in [0.25, 0.3) is 0 Å². The van der Waals surface area contributed by atoms with E-state index in [1.807, 2.05) is 6.07 Å². The monoisotopic (exact) mass is 220 g/mol. The fourth-order valence-electron chi connectivity index (χ4n) is 1.05. The first kappa shape index (κ1) is 11.9. The van der Waals surface area contributed by atoms with Crippen LogP contribution in [0, 0.1) is 11.3 Å². The molecular formula is C11H12N2O3. The second kappa shape index (κ2) is 6.30. The summed E-state index contributed by atoms with van der Waals surface area (Å²) in [6, 6.07) is 5.56. The topological polar surface area (TPSA) is 75.3 Å². The summed E-state index contributed by atoms with van der Waals surface area (Å²) in [6.45, 7) is 0.0415. The highest BCUT2D eigenvalue weighted by atomic mass is 16.5. The maximum atomic E-state index is 10.8. The summed E-state index contributed by atoms with van der Waals surface area (Å²) in [5, 5.41) is 11.5. The van der Waals surface area contributed by atoms with Gasteiger partial charge in [-0.2, -0.15) is 5.26 Å². The maximum Gasteiger partial charge on any atom is 0.325 e. The Bertz CT molecular complexity index is 401. The molecule has 0 unspecified atom stereocenters. The van der Waals surface area contributed by atoms with Crippen LogP contribution >= 0.6 is 0 Å². The highest BCUT2D eigenvalue weighted by Crippen LogP contribution is 2.06. The third-order valence-corrected chi connectivity index (χ3v) is 1.84. The Hall–Kier alpha value is -2.22. The molecule has 0 saturated carbocycles. The van der Waals surface area contributed by atoms with Crippen LogP contribution in [0.2, 0.25) is 0 Å². The molecule has 0 aromatic carbocycles. The molecular weight excluding hydrogens is 208 g/mol. The van der Waals surface area contributed by atoms with Crippen LogP contribution in [0.4, 0.5) is 0 Å². The van der Waals surface area contributed by atoms with E-state index in [-0.39, 0.29) is 12.5 Å². The van der Waals surface area contributed by atoms with E-state index in [0.29, 0.717) is 17.8 Å². The number of carbonyl (C=O) groups excluding carboxylic acids is 1. The highest BCUT2D eigenvalue weighted by molar-refractivity contribution is 5.71. The van der Waals surface area contributed by atoms with Gasteiger partial charge in [0.15, 0.2) is 0 Å². The van der Waals surface area contributed by atoms with E-state index < -0.39 is 0 Å². The van der Waals surface area contributed by atoms with E-state index >= 15 is 0 Å². The molecule has 84 valence electrons. The summed E-state index contributed by atoms with van der Waals surface area (Å²) < 4.78 is 9.54. The average Bonchev–Trinajstić information content (AvgIpc) is 2.80. The minimum absolute atomic E-state index is 0.0415. The zero-order valence-electron chi connectivity index (χ0n) is 8.90. The van der Waals surface area contributed by atoms with Gasteiger partial charge in [-0.1, -0.05) is 0 Å². The van der Waals surface area contributed by atoms with Gasteiger partial charge in [-0.3, -0.25) is 4.79 Å². The number of hydrogen-bond acceptors (Lipinski definition) is 5. The number of carbonyl (C=O) groups is 1. The molecule has 0 amide bonds. The van der Waals surface area contributed by atoms with Gasteiger partial charge in [-0.15, -0.1) is 0 Å². The molecule has 1 aromatic heterocycles. The first-order valence-corrected chi connectivity index (χ1v) is 4.68. The molecule has 5 heteroatoms. The van der Waals surface area contributed by atoms with Crippen LogP contribution in [0.3, 0.4) is 0 Å². The SMILES string of the molecule is COC(=O)CN/C=C(\C#N)Cc1ccco1. The van der Waals surface area contributed by atoms with Gasteiger partial charge in [0, 0.05) is 12.6 Å². The Morgan fingerprint density at radius 3 is 3.12 bits per heavy atom. The molecule has 1 aromatic rings. The van der Waals surface area contributed by atoms with Gasteiger partial charge in [-0.05, 0) is 12.1 Å². The van der Waals surface area contributed by atoms with Crippen LogP contribution in [0.5, 0.6) is 0 Å². The van der Waals surface area contributed by atoms with E-state index in [4.69, 9.17) is 9.68 Å². The fraction of sp³-hybridized carbons (Fsp3) is 0.273. The van der Waals surface area contributed by atoms with E-state index in [0.717, 1.165) is 0 Å². The van der Waals surface area contributed by atoms with Crippen LogP contribution in [-0.4, -0.2) is 19.6 Å². The van der Waals surface area contributed by atoms with Crippen molar-refractivity contribution >= 4 is 5.97 Å². The number of allylic oxidation sites excluding steroid dienone is 1. The van der Waals surface area contributed by atoms with Crippen LogP contribution in [0.15, 0.2) is 34.6 Å². The Labute approximate surface area is 93.3 Å². The number of esters is 1. The predicted octanol–water partition coefficient (Wildman–Crippen LogP) is 0.992. The van der Waals surface area contributed by atoms with Gasteiger partial charge in [0.05, 0.1) is 25.0 Å². The first-order chi connectivity index (χ1) is 7.76. The summed E-state index contributed by atoms with van der Waals surface area (Å²) in [5.74, 6) is 0.319. The maximum absolute atomic E-state index is 10.8. The molecule has 0 radical (unpaired) electrons. The normalized spacial score (nSPS) is 10.6. The smallest absolute Gasteiger partial charge is 0.325 e. The summed E-state index contributed by atoms with van der Waals surface area (Å²) in [4.78, 5) is 10.8. The van der Waals surface area contributed by atoms with E-state index in [2.05, 4.69) is 10.1 Å². The molecule has 1 heterocycles. The molecule has 0 saturated heterocycles. The number of methoxy groups -OCH3 is 1. The van der Waals surface area contributed by atoms with Crippen molar-refractivity contribution in [3.05, 3.63) is 35.9 Å². The minimum atomic E-state index is -0.383. The Balaban J connectivity index is 2.45. The van der Waals surface area contributed by atoms with Crippen LogP contribution < -0.4 is 5.32 Å². The summed E-state index contributed by atoms with van der Waals surface area (Å²) in [6.07, 6.45) is 3.43. The van der Waals surface area contributed by atoms with Gasteiger partial charge >= 0.3 is 5.97 Å². The number of nitriles is 1. The predicted molar refractivity (Wildman–Crippen MR) is 56.1 cm³/mol. The molecule has 0 spiro atoms. The summed E-state index contributed by atoms with van der Waals surface area (Å²) in [7, 11) is 1.31. The Morgan fingerprint density at radius 1 is 1.75 bits per heavy atom. The van der Waals surface area contributed by atoms with E-state index in [1.165, 1.54) is 13.3 Å². The van der Waals surface area contributed by atoms with Crippen molar-refractivity contribution in [2.45, 2.75) is 6.42 Å². The number of nitrogens with one attached hydrogen (secondary N) is 1. The summed E-state index contributed by atoms with van der Waals surface area (Å²) in [5.41, 5.74) is 0.485. The molecule has 0 aliphatic heterocycles. The largest absolute Gasteiger partial charge is 0.469 e. The molecule has 1 rings (SSSR count). The van der Waals surface area contributed by atoms with Crippen molar-refractivity contribution in [1.82, 2.24) is 5.32 Å². The van der Waals surface area contributed by atoms with Crippen LogP contribution in [0.1, 0.15) is 5.76 Å². The molecule has 0 atom stereocenters. The highest BCUT2D eigenvalue weighted by Gasteiger charge is 2.02. The third kappa shape index (κ3) is 3.88. The lowest BCUT2D eigenvalue weighted by molar-refractivity contribution is -0.139. The number of ether oxygens (including phenoxy) is 1. The van der Waals surface area contributed by atoms with Gasteiger partial charge in [0.2, 0.25) is 0 Å². The molecule has 0 fully saturated rings. The van der Waals surface area contributed by atoms with Crippen molar-refractivity contribution in [3.63, 3.8) is 0 Å². The van der Waals surface area contributed by atoms with Crippen molar-refractivity contribution in [3.8, 4) is 6.07 Å². The number of hydrogen-bond donors (Lipinski definition) is 1. The molecule has 1 N–H and O–H groups in total. The van der Waals surface area contributed by atoms with E-state index in [9.17, 15) is 4.79 Å². The van der Waals surface area contributed by atoms with Gasteiger partial charge < -0.3 is 14.5 Å². The molecule has 0 aliphatic rings. The van der Waals surface area contributed by atoms with Crippen molar-refractivity contribution < 1.29 is 13.9 Å². The number of rotatable bonds is 5. The lowest BCUT2D eigenvalue weighted by Gasteiger charge is -2.00. The van der Waals surface area contributed by atoms with E-state index in [1.54, 1.807) is 18.4 Å². The number of furan rings is 1. The molecule has 5 nitrogen and oxygen atoms in total. The standard InChI is InChI=1S/C11H12N2O3/c1-15-11(14)8-13-7-9(6-12)5-10-3-2-4-16-10/h2-4,7,13H,5,8H2,1H3/b9-7-. The Morgan fingerprint density at radius 2 is 2.56 bits per heavy atom. The van der Waals surface area contributed by atoms with Crippen molar-refractivity contribution in [2.75, 3.05) is 13.7 Å². The second-order valence-electron chi connectivity index (χ2n) is 2.99. The van der Waals surface area contributed by atoms with Gasteiger partial charge in [-0.25, -0.2) is 0 Å². The molecule has 16 heavy (non-hydrogen) atoms. The lowest BCUT2D eigenvalue weighted by atomic mass is 10.2. The zero-order valence-corrected chi connectivity index (χ0v) is 8.90. The lowest BCUT2D eigenvalue weighted by Crippen LogP contribution is -2.19. The van der Waals surface area contributed by atoms with Crippen molar-refractivity contribution in [1.29, 1.82) is 5.26 Å². The fourth-order valence-corrected chi connectivity index (χ4v) is 1.05. The number of nitrogens with zero attached hydrogens (tertiary/aromatic N) is 1. The Kier molecular flexibility index (Phi) is 4.67. The summed E-state index contributed by atoms with van der Waals surface area (Å²) >= 11 is 0. The first-order valence-electron chi connectivity index (χ1n) is 4.68. The third-order valence-electron chi connectivity index (χ3n) is 1.84. The molecule has 0 aliphatic carbocycles. The van der Waals surface area contributed by atoms with Crippen molar-refractivity contribution in [2.24, 2.45) is 0 Å². The van der Waals surface area contributed by atoms with Crippen LogP contribution in [0.25, 0.3) is 0 Å². The zero-order chi connectivity index (χ0) is 11.8. The molecule has 0 bridgehead atoms. The minimum Gasteiger partial charge on any atom is -0.469 e. The van der Waals surface area contributed by atoms with Gasteiger partial charge in [0.1, 0.15) is 12.3 Å². The van der Waals surface area contributed by atoms with Crippen LogP contribution in [-0.2, 0) is 16.0 Å². The quantitative estimate of drug-likeness (QED) is 0.591. The second-order valence-corrected chi connectivity index (χ2v) is 2.99.